The average Bonchev–Trinajstić information content (AvgIpc) is 2.40. The quantitative estimate of drug-likeness (QED) is 0.882. The number of amides is 1. The Morgan fingerprint density at radius 2 is 1.89 bits per heavy atom. The summed E-state index contributed by atoms with van der Waals surface area (Å²) in [6.45, 7) is 1.63. The van der Waals surface area contributed by atoms with E-state index in [0.717, 1.165) is 0 Å². The highest BCUT2D eigenvalue weighted by atomic mass is 16.3. The topological polar surface area (TPSA) is 62.2 Å². The molecule has 0 saturated carbocycles. The van der Waals surface area contributed by atoms with Crippen LogP contribution in [0.25, 0.3) is 0 Å². The van der Waals surface area contributed by atoms with E-state index in [0.29, 0.717) is 11.4 Å². The smallest absolute Gasteiger partial charge is 0.228 e. The molecule has 1 amide bonds. The lowest BCUT2D eigenvalue weighted by molar-refractivity contribution is -0.120. The second kappa shape index (κ2) is 5.63. The number of aromatic nitrogens is 1. The summed E-state index contributed by atoms with van der Waals surface area (Å²) in [4.78, 5) is 15.9. The van der Waals surface area contributed by atoms with Gasteiger partial charge in [0.25, 0.3) is 0 Å². The van der Waals surface area contributed by atoms with Crippen molar-refractivity contribution in [2.24, 2.45) is 0 Å². The summed E-state index contributed by atoms with van der Waals surface area (Å²) < 4.78 is 0. The van der Waals surface area contributed by atoms with Crippen LogP contribution in [0.15, 0.2) is 54.7 Å². The summed E-state index contributed by atoms with van der Waals surface area (Å²) >= 11 is 0. The van der Waals surface area contributed by atoms with Crippen molar-refractivity contribution in [3.05, 3.63) is 60.3 Å². The highest BCUT2D eigenvalue weighted by Crippen LogP contribution is 2.24. The molecular formula is C15H16N2O2. The van der Waals surface area contributed by atoms with Gasteiger partial charge in [-0.05, 0) is 24.6 Å². The van der Waals surface area contributed by atoms with E-state index in [2.05, 4.69) is 10.3 Å². The van der Waals surface area contributed by atoms with Crippen LogP contribution in [0, 0.1) is 0 Å². The number of anilines is 1. The lowest BCUT2D eigenvalue weighted by Crippen LogP contribution is -2.28. The maximum Gasteiger partial charge on any atom is 0.228 e. The monoisotopic (exact) mass is 256 g/mol. The van der Waals surface area contributed by atoms with E-state index in [1.807, 2.05) is 18.2 Å². The highest BCUT2D eigenvalue weighted by molar-refractivity contribution is 5.90. The number of nitrogens with one attached hydrogen (secondary N) is 1. The van der Waals surface area contributed by atoms with Crippen LogP contribution in [0.2, 0.25) is 0 Å². The van der Waals surface area contributed by atoms with Crippen molar-refractivity contribution in [1.29, 1.82) is 0 Å². The minimum absolute atomic E-state index is 0.0203. The second-order valence-corrected chi connectivity index (χ2v) is 4.58. The fourth-order valence-corrected chi connectivity index (χ4v) is 1.84. The van der Waals surface area contributed by atoms with Crippen LogP contribution >= 0.6 is 0 Å². The van der Waals surface area contributed by atoms with E-state index < -0.39 is 5.60 Å². The zero-order valence-electron chi connectivity index (χ0n) is 10.7. The minimum atomic E-state index is -1.19. The summed E-state index contributed by atoms with van der Waals surface area (Å²) in [5, 5.41) is 13.0. The van der Waals surface area contributed by atoms with Gasteiger partial charge < -0.3 is 10.4 Å². The normalized spacial score (nSPS) is 13.6. The Bertz CT molecular complexity index is 539. The minimum Gasteiger partial charge on any atom is -0.385 e. The highest BCUT2D eigenvalue weighted by Gasteiger charge is 2.26. The second-order valence-electron chi connectivity index (χ2n) is 4.58. The number of pyridine rings is 1. The molecule has 0 spiro atoms. The van der Waals surface area contributed by atoms with E-state index in [9.17, 15) is 9.90 Å². The van der Waals surface area contributed by atoms with Crippen LogP contribution in [-0.2, 0) is 10.4 Å². The molecule has 1 atom stereocenters. The van der Waals surface area contributed by atoms with Gasteiger partial charge in [-0.15, -0.1) is 0 Å². The first kappa shape index (κ1) is 13.2. The van der Waals surface area contributed by atoms with Crippen LogP contribution in [0.1, 0.15) is 18.9 Å². The fraction of sp³-hybridized carbons (Fsp3) is 0.200. The Hall–Kier alpha value is -2.20. The molecule has 1 heterocycles. The van der Waals surface area contributed by atoms with Crippen molar-refractivity contribution in [2.45, 2.75) is 18.9 Å². The molecule has 0 bridgehead atoms. The Kier molecular flexibility index (Phi) is 3.92. The van der Waals surface area contributed by atoms with Gasteiger partial charge in [-0.1, -0.05) is 36.4 Å². The fourth-order valence-electron chi connectivity index (χ4n) is 1.84. The molecule has 0 fully saturated rings. The van der Waals surface area contributed by atoms with Gasteiger partial charge in [0, 0.05) is 6.20 Å². The zero-order valence-corrected chi connectivity index (χ0v) is 10.7. The maximum atomic E-state index is 11.9. The zero-order chi connectivity index (χ0) is 13.7. The van der Waals surface area contributed by atoms with Crippen LogP contribution in [0.3, 0.4) is 0 Å². The molecule has 0 saturated heterocycles. The lowest BCUT2D eigenvalue weighted by atomic mass is 9.92. The number of hydrogen-bond acceptors (Lipinski definition) is 3. The first-order chi connectivity index (χ1) is 9.08. The summed E-state index contributed by atoms with van der Waals surface area (Å²) in [6.07, 6.45) is 1.58. The number of aliphatic hydroxyl groups is 1. The molecule has 4 heteroatoms. The third-order valence-corrected chi connectivity index (χ3v) is 2.83. The number of nitrogens with zero attached hydrogens (tertiary/aromatic N) is 1. The van der Waals surface area contributed by atoms with Crippen LogP contribution in [-0.4, -0.2) is 16.0 Å². The van der Waals surface area contributed by atoms with E-state index in [-0.39, 0.29) is 12.3 Å². The van der Waals surface area contributed by atoms with Crippen LogP contribution in [0.5, 0.6) is 0 Å². The van der Waals surface area contributed by atoms with Crippen LogP contribution in [0.4, 0.5) is 5.82 Å². The van der Waals surface area contributed by atoms with Crippen LogP contribution < -0.4 is 5.32 Å². The molecule has 0 aliphatic heterocycles. The van der Waals surface area contributed by atoms with Crippen molar-refractivity contribution in [1.82, 2.24) is 4.98 Å². The van der Waals surface area contributed by atoms with Crippen molar-refractivity contribution in [3.8, 4) is 0 Å². The molecule has 19 heavy (non-hydrogen) atoms. The van der Waals surface area contributed by atoms with E-state index >= 15 is 0 Å². The van der Waals surface area contributed by atoms with Gasteiger partial charge in [-0.25, -0.2) is 4.98 Å². The molecule has 4 nitrogen and oxygen atoms in total. The summed E-state index contributed by atoms with van der Waals surface area (Å²) in [6, 6.07) is 14.4. The van der Waals surface area contributed by atoms with Gasteiger partial charge in [-0.2, -0.15) is 0 Å². The lowest BCUT2D eigenvalue weighted by Gasteiger charge is -2.23. The van der Waals surface area contributed by atoms with Crippen molar-refractivity contribution < 1.29 is 9.90 Å². The standard InChI is InChI=1S/C15H16N2O2/c1-15(19,12-7-3-2-4-8-12)11-14(18)17-13-9-5-6-10-16-13/h2-10,19H,11H2,1H3,(H,16,17,18). The third-order valence-electron chi connectivity index (χ3n) is 2.83. The maximum absolute atomic E-state index is 11.9. The van der Waals surface area contributed by atoms with E-state index in [1.165, 1.54) is 0 Å². The molecule has 1 aromatic heterocycles. The number of rotatable bonds is 4. The number of benzene rings is 1. The molecule has 1 aromatic carbocycles. The molecule has 0 aliphatic carbocycles. The van der Waals surface area contributed by atoms with Gasteiger partial charge in [0.05, 0.1) is 12.0 Å². The average molecular weight is 256 g/mol. The first-order valence-corrected chi connectivity index (χ1v) is 6.07. The molecule has 2 aromatic rings. The molecule has 0 radical (unpaired) electrons. The predicted molar refractivity (Wildman–Crippen MR) is 73.5 cm³/mol. The number of carbonyl (C=O) groups is 1. The summed E-state index contributed by atoms with van der Waals surface area (Å²) in [7, 11) is 0. The Labute approximate surface area is 112 Å². The van der Waals surface area contributed by atoms with Crippen molar-refractivity contribution >= 4 is 11.7 Å². The van der Waals surface area contributed by atoms with Crippen molar-refractivity contribution in [3.63, 3.8) is 0 Å². The van der Waals surface area contributed by atoms with E-state index in [1.54, 1.807) is 43.5 Å². The summed E-state index contributed by atoms with van der Waals surface area (Å²) in [5.74, 6) is 0.212. The molecule has 1 unspecified atom stereocenters. The molecule has 98 valence electrons. The Morgan fingerprint density at radius 1 is 1.21 bits per heavy atom. The Balaban J connectivity index is 2.02. The largest absolute Gasteiger partial charge is 0.385 e. The van der Waals surface area contributed by atoms with Crippen molar-refractivity contribution in [2.75, 3.05) is 5.32 Å². The molecule has 2 rings (SSSR count). The van der Waals surface area contributed by atoms with Gasteiger partial charge >= 0.3 is 0 Å². The SMILES string of the molecule is CC(O)(CC(=O)Nc1ccccn1)c1ccccc1. The Morgan fingerprint density at radius 3 is 2.53 bits per heavy atom. The molecule has 0 aliphatic rings. The first-order valence-electron chi connectivity index (χ1n) is 6.07. The third kappa shape index (κ3) is 3.63. The van der Waals surface area contributed by atoms with Gasteiger partial charge in [0.1, 0.15) is 5.82 Å². The molecule has 2 N–H and O–H groups in total. The van der Waals surface area contributed by atoms with Gasteiger partial charge in [-0.3, -0.25) is 4.79 Å². The number of carbonyl (C=O) groups excluding carboxylic acids is 1. The summed E-state index contributed by atoms with van der Waals surface area (Å²) in [5.41, 5.74) is -0.480. The molecular weight excluding hydrogens is 240 g/mol. The predicted octanol–water partition coefficient (Wildman–Crippen LogP) is 2.32. The van der Waals surface area contributed by atoms with Gasteiger partial charge in [0.15, 0.2) is 0 Å². The number of hydrogen-bond donors (Lipinski definition) is 2. The van der Waals surface area contributed by atoms with E-state index in [4.69, 9.17) is 0 Å². The van der Waals surface area contributed by atoms with Gasteiger partial charge in [0.2, 0.25) is 5.91 Å².